The Hall–Kier alpha value is -0.820. The minimum absolute atomic E-state index is 0.250. The fraction of sp³-hybridized carbons (Fsp3) is 0.684. The number of benzene rings is 1. The highest BCUT2D eigenvalue weighted by atomic mass is 14.8. The minimum atomic E-state index is 0.250. The molecule has 0 saturated heterocycles. The van der Waals surface area contributed by atoms with Crippen molar-refractivity contribution in [3.05, 3.63) is 34.9 Å². The average Bonchev–Trinajstić information content (AvgIpc) is 2.42. The summed E-state index contributed by atoms with van der Waals surface area (Å²) in [5, 5.41) is 3.56. The summed E-state index contributed by atoms with van der Waals surface area (Å²) < 4.78 is 0. The van der Waals surface area contributed by atoms with Crippen LogP contribution < -0.4 is 5.32 Å². The summed E-state index contributed by atoms with van der Waals surface area (Å²) in [6, 6.07) is 7.10. The third-order valence-electron chi connectivity index (χ3n) is 4.23. The molecule has 0 unspecified atom stereocenters. The summed E-state index contributed by atoms with van der Waals surface area (Å²) >= 11 is 0. The molecule has 0 aromatic heterocycles. The van der Waals surface area contributed by atoms with Gasteiger partial charge in [-0.1, -0.05) is 59.7 Å². The summed E-state index contributed by atoms with van der Waals surface area (Å²) in [6.45, 7) is 16.0. The van der Waals surface area contributed by atoms with Gasteiger partial charge in [-0.3, -0.25) is 0 Å². The molecule has 1 rings (SSSR count). The molecule has 0 atom stereocenters. The molecule has 1 N–H and O–H groups in total. The first-order valence-electron chi connectivity index (χ1n) is 8.23. The van der Waals surface area contributed by atoms with Crippen molar-refractivity contribution < 1.29 is 0 Å². The zero-order chi connectivity index (χ0) is 15.2. The molecule has 0 aliphatic carbocycles. The molecule has 0 heterocycles. The lowest BCUT2D eigenvalue weighted by Gasteiger charge is -2.27. The van der Waals surface area contributed by atoms with E-state index in [9.17, 15) is 0 Å². The second-order valence-corrected chi connectivity index (χ2v) is 6.92. The van der Waals surface area contributed by atoms with E-state index in [1.165, 1.54) is 23.1 Å². The largest absolute Gasteiger partial charge is 0.316 e. The molecule has 0 fully saturated rings. The number of aryl methyl sites for hydroxylation is 2. The molecule has 0 radical (unpaired) electrons. The molecular formula is C19H33N. The van der Waals surface area contributed by atoms with E-state index in [4.69, 9.17) is 0 Å². The van der Waals surface area contributed by atoms with Gasteiger partial charge in [-0.2, -0.15) is 0 Å². The predicted molar refractivity (Wildman–Crippen MR) is 90.5 cm³/mol. The molecule has 114 valence electrons. The van der Waals surface area contributed by atoms with Crippen molar-refractivity contribution >= 4 is 0 Å². The van der Waals surface area contributed by atoms with Gasteiger partial charge in [-0.15, -0.1) is 0 Å². The molecule has 1 aromatic rings. The van der Waals surface area contributed by atoms with Gasteiger partial charge in [0.1, 0.15) is 0 Å². The Bertz CT molecular complexity index is 404. The van der Waals surface area contributed by atoms with Gasteiger partial charge < -0.3 is 5.32 Å². The molecule has 1 aromatic carbocycles. The van der Waals surface area contributed by atoms with Crippen LogP contribution in [0.15, 0.2) is 18.2 Å². The van der Waals surface area contributed by atoms with Crippen LogP contribution in [0.2, 0.25) is 0 Å². The highest BCUT2D eigenvalue weighted by Gasteiger charge is 2.20. The highest BCUT2D eigenvalue weighted by Crippen LogP contribution is 2.28. The summed E-state index contributed by atoms with van der Waals surface area (Å²) in [4.78, 5) is 0. The van der Waals surface area contributed by atoms with Crippen molar-refractivity contribution in [2.75, 3.05) is 13.1 Å². The lowest BCUT2D eigenvalue weighted by atomic mass is 9.80. The molecular weight excluding hydrogens is 242 g/mol. The van der Waals surface area contributed by atoms with E-state index < -0.39 is 0 Å². The van der Waals surface area contributed by atoms with Crippen LogP contribution in [-0.4, -0.2) is 13.1 Å². The van der Waals surface area contributed by atoms with E-state index in [0.717, 1.165) is 31.8 Å². The van der Waals surface area contributed by atoms with Gasteiger partial charge in [-0.05, 0) is 60.4 Å². The van der Waals surface area contributed by atoms with Gasteiger partial charge in [-0.25, -0.2) is 0 Å². The van der Waals surface area contributed by atoms with E-state index in [2.05, 4.69) is 65.1 Å². The van der Waals surface area contributed by atoms with Crippen LogP contribution in [0.25, 0.3) is 0 Å². The van der Waals surface area contributed by atoms with Crippen molar-refractivity contribution in [3.63, 3.8) is 0 Å². The van der Waals surface area contributed by atoms with Crippen molar-refractivity contribution in [1.82, 2.24) is 5.32 Å². The Morgan fingerprint density at radius 2 is 1.70 bits per heavy atom. The maximum atomic E-state index is 3.56. The normalized spacial score (nSPS) is 12.2. The second-order valence-electron chi connectivity index (χ2n) is 6.92. The smallest absolute Gasteiger partial charge is 0.00258 e. The van der Waals surface area contributed by atoms with Gasteiger partial charge in [0.25, 0.3) is 0 Å². The standard InChI is InChI=1S/C19H33N/c1-7-16-9-10-18(13-17(16)8-2)19(5,6)11-12-20-14-15(3)4/h9-10,13,15,20H,7-8,11-12,14H2,1-6H3. The Morgan fingerprint density at radius 1 is 1.05 bits per heavy atom. The third kappa shape index (κ3) is 4.94. The molecule has 0 aliphatic heterocycles. The van der Waals surface area contributed by atoms with Crippen LogP contribution in [0.1, 0.15) is 64.7 Å². The summed E-state index contributed by atoms with van der Waals surface area (Å²) in [5.74, 6) is 0.730. The zero-order valence-corrected chi connectivity index (χ0v) is 14.3. The fourth-order valence-corrected chi connectivity index (χ4v) is 2.66. The molecule has 0 amide bonds. The molecule has 1 heteroatoms. The number of hydrogen-bond donors (Lipinski definition) is 1. The van der Waals surface area contributed by atoms with Crippen LogP contribution in [-0.2, 0) is 18.3 Å². The SMILES string of the molecule is CCc1ccc(C(C)(C)CCNCC(C)C)cc1CC. The lowest BCUT2D eigenvalue weighted by Crippen LogP contribution is -2.27. The third-order valence-corrected chi connectivity index (χ3v) is 4.23. The van der Waals surface area contributed by atoms with Crippen molar-refractivity contribution in [3.8, 4) is 0 Å². The maximum Gasteiger partial charge on any atom is -0.00258 e. The van der Waals surface area contributed by atoms with Crippen LogP contribution in [0.3, 0.4) is 0 Å². The first-order valence-corrected chi connectivity index (χ1v) is 8.23. The molecule has 0 aliphatic rings. The summed E-state index contributed by atoms with van der Waals surface area (Å²) in [7, 11) is 0. The molecule has 20 heavy (non-hydrogen) atoms. The highest BCUT2D eigenvalue weighted by molar-refractivity contribution is 5.35. The van der Waals surface area contributed by atoms with Crippen molar-refractivity contribution in [1.29, 1.82) is 0 Å². The van der Waals surface area contributed by atoms with E-state index in [-0.39, 0.29) is 5.41 Å². The predicted octanol–water partition coefficient (Wildman–Crippen LogP) is 4.72. The van der Waals surface area contributed by atoms with E-state index >= 15 is 0 Å². The van der Waals surface area contributed by atoms with Crippen LogP contribution in [0, 0.1) is 5.92 Å². The molecule has 0 spiro atoms. The van der Waals surface area contributed by atoms with Gasteiger partial charge >= 0.3 is 0 Å². The van der Waals surface area contributed by atoms with Gasteiger partial charge in [0.15, 0.2) is 0 Å². The van der Waals surface area contributed by atoms with E-state index in [1.54, 1.807) is 0 Å². The zero-order valence-electron chi connectivity index (χ0n) is 14.3. The molecule has 0 bridgehead atoms. The average molecular weight is 275 g/mol. The first kappa shape index (κ1) is 17.2. The van der Waals surface area contributed by atoms with Gasteiger partial charge in [0, 0.05) is 0 Å². The quantitative estimate of drug-likeness (QED) is 0.677. The van der Waals surface area contributed by atoms with Gasteiger partial charge in [0.05, 0.1) is 0 Å². The topological polar surface area (TPSA) is 12.0 Å². The molecule has 0 saturated carbocycles. The summed E-state index contributed by atoms with van der Waals surface area (Å²) in [6.07, 6.45) is 3.47. The first-order chi connectivity index (χ1) is 9.40. The number of hydrogen-bond acceptors (Lipinski definition) is 1. The van der Waals surface area contributed by atoms with E-state index in [0.29, 0.717) is 0 Å². The minimum Gasteiger partial charge on any atom is -0.316 e. The lowest BCUT2D eigenvalue weighted by molar-refractivity contribution is 0.442. The van der Waals surface area contributed by atoms with Crippen molar-refractivity contribution in [2.45, 2.75) is 66.2 Å². The van der Waals surface area contributed by atoms with Crippen LogP contribution >= 0.6 is 0 Å². The fourth-order valence-electron chi connectivity index (χ4n) is 2.66. The monoisotopic (exact) mass is 275 g/mol. The Kier molecular flexibility index (Phi) is 6.75. The van der Waals surface area contributed by atoms with Crippen molar-refractivity contribution in [2.24, 2.45) is 5.92 Å². The van der Waals surface area contributed by atoms with Crippen LogP contribution in [0.5, 0.6) is 0 Å². The Morgan fingerprint density at radius 3 is 2.25 bits per heavy atom. The number of rotatable bonds is 8. The van der Waals surface area contributed by atoms with E-state index in [1.807, 2.05) is 0 Å². The summed E-state index contributed by atoms with van der Waals surface area (Å²) in [5.41, 5.74) is 4.76. The Balaban J connectivity index is 2.71. The second kappa shape index (κ2) is 7.83. The number of nitrogens with one attached hydrogen (secondary N) is 1. The Labute approximate surface area is 126 Å². The molecule has 1 nitrogen and oxygen atoms in total. The van der Waals surface area contributed by atoms with Gasteiger partial charge in [0.2, 0.25) is 0 Å². The van der Waals surface area contributed by atoms with Crippen LogP contribution in [0.4, 0.5) is 0 Å². The maximum absolute atomic E-state index is 3.56.